The number of hydrogen-bond acceptors (Lipinski definition) is 6. The SMILES string of the molecule is COc1ccc(S(=O)(=O)N2CCN(C(=O)CSCc3ccc(C)cc3)CC2)cc1OC. The van der Waals surface area contributed by atoms with Crippen LogP contribution in [-0.4, -0.2) is 69.7 Å². The van der Waals surface area contributed by atoms with E-state index in [4.69, 9.17) is 9.47 Å². The molecule has 1 aliphatic rings. The first kappa shape index (κ1) is 23.4. The topological polar surface area (TPSA) is 76.2 Å². The number of nitrogens with zero attached hydrogens (tertiary/aromatic N) is 2. The van der Waals surface area contributed by atoms with Crippen LogP contribution in [0, 0.1) is 6.92 Å². The number of sulfonamides is 1. The molecule has 0 aromatic heterocycles. The average Bonchev–Trinajstić information content (AvgIpc) is 2.79. The number of carbonyl (C=O) groups excluding carboxylic acids is 1. The van der Waals surface area contributed by atoms with Gasteiger partial charge in [-0.3, -0.25) is 4.79 Å². The third kappa shape index (κ3) is 5.72. The van der Waals surface area contributed by atoms with Crippen LogP contribution in [0.1, 0.15) is 11.1 Å². The number of hydrogen-bond donors (Lipinski definition) is 0. The molecular weight excluding hydrogens is 436 g/mol. The second-order valence-corrected chi connectivity index (χ2v) is 10.2. The van der Waals surface area contributed by atoms with Gasteiger partial charge in [0.15, 0.2) is 11.5 Å². The van der Waals surface area contributed by atoms with Crippen LogP contribution in [0.5, 0.6) is 11.5 Å². The van der Waals surface area contributed by atoms with Crippen molar-refractivity contribution in [3.63, 3.8) is 0 Å². The number of methoxy groups -OCH3 is 2. The van der Waals surface area contributed by atoms with Crippen molar-refractivity contribution < 1.29 is 22.7 Å². The third-order valence-corrected chi connectivity index (χ3v) is 8.08. The van der Waals surface area contributed by atoms with E-state index >= 15 is 0 Å². The highest BCUT2D eigenvalue weighted by molar-refractivity contribution is 7.99. The molecule has 0 unspecified atom stereocenters. The lowest BCUT2D eigenvalue weighted by Crippen LogP contribution is -2.50. The van der Waals surface area contributed by atoms with Crippen LogP contribution >= 0.6 is 11.8 Å². The van der Waals surface area contributed by atoms with E-state index in [-0.39, 0.29) is 23.9 Å². The molecule has 1 amide bonds. The van der Waals surface area contributed by atoms with Crippen molar-refractivity contribution in [3.05, 3.63) is 53.6 Å². The Bertz CT molecular complexity index is 1000. The van der Waals surface area contributed by atoms with E-state index in [1.54, 1.807) is 22.7 Å². The summed E-state index contributed by atoms with van der Waals surface area (Å²) in [6.07, 6.45) is 0. The predicted octanol–water partition coefficient (Wildman–Crippen LogP) is 2.78. The Morgan fingerprint density at radius 1 is 0.968 bits per heavy atom. The van der Waals surface area contributed by atoms with Gasteiger partial charge in [-0.25, -0.2) is 8.42 Å². The van der Waals surface area contributed by atoms with Gasteiger partial charge in [0.25, 0.3) is 0 Å². The minimum Gasteiger partial charge on any atom is -0.493 e. The smallest absolute Gasteiger partial charge is 0.243 e. The summed E-state index contributed by atoms with van der Waals surface area (Å²) >= 11 is 1.58. The summed E-state index contributed by atoms with van der Waals surface area (Å²) in [6, 6.07) is 12.8. The molecule has 9 heteroatoms. The zero-order valence-corrected chi connectivity index (χ0v) is 19.7. The number of aryl methyl sites for hydroxylation is 1. The fraction of sp³-hybridized carbons (Fsp3) is 0.409. The third-order valence-electron chi connectivity index (χ3n) is 5.20. The molecule has 1 fully saturated rings. The number of rotatable bonds is 8. The maximum atomic E-state index is 13.0. The normalized spacial score (nSPS) is 15.0. The van der Waals surface area contributed by atoms with E-state index in [2.05, 4.69) is 24.3 Å². The van der Waals surface area contributed by atoms with Crippen LogP contribution in [0.25, 0.3) is 0 Å². The fourth-order valence-corrected chi connectivity index (χ4v) is 5.66. The van der Waals surface area contributed by atoms with Crippen LogP contribution in [0.4, 0.5) is 0 Å². The van der Waals surface area contributed by atoms with Gasteiger partial charge in [0, 0.05) is 38.0 Å². The van der Waals surface area contributed by atoms with Crippen molar-refractivity contribution >= 4 is 27.7 Å². The van der Waals surface area contributed by atoms with Crippen molar-refractivity contribution in [2.75, 3.05) is 46.2 Å². The van der Waals surface area contributed by atoms with Crippen LogP contribution in [0.2, 0.25) is 0 Å². The Morgan fingerprint density at radius 3 is 2.23 bits per heavy atom. The zero-order chi connectivity index (χ0) is 22.4. The molecule has 31 heavy (non-hydrogen) atoms. The zero-order valence-electron chi connectivity index (χ0n) is 18.0. The lowest BCUT2D eigenvalue weighted by atomic mass is 10.2. The summed E-state index contributed by atoms with van der Waals surface area (Å²) in [4.78, 5) is 14.4. The maximum absolute atomic E-state index is 13.0. The van der Waals surface area contributed by atoms with Gasteiger partial charge in [-0.05, 0) is 24.6 Å². The molecule has 1 heterocycles. The number of benzene rings is 2. The molecule has 168 valence electrons. The maximum Gasteiger partial charge on any atom is 0.243 e. The van der Waals surface area contributed by atoms with Crippen molar-refractivity contribution in [3.8, 4) is 11.5 Å². The molecule has 2 aromatic carbocycles. The molecule has 1 aliphatic heterocycles. The minimum absolute atomic E-state index is 0.0419. The van der Waals surface area contributed by atoms with E-state index in [0.717, 1.165) is 5.75 Å². The van der Waals surface area contributed by atoms with Crippen molar-refractivity contribution in [1.29, 1.82) is 0 Å². The highest BCUT2D eigenvalue weighted by Gasteiger charge is 2.30. The highest BCUT2D eigenvalue weighted by Crippen LogP contribution is 2.31. The van der Waals surface area contributed by atoms with Gasteiger partial charge in [0.2, 0.25) is 15.9 Å². The van der Waals surface area contributed by atoms with Gasteiger partial charge in [-0.2, -0.15) is 4.31 Å². The predicted molar refractivity (Wildman–Crippen MR) is 122 cm³/mol. The number of thioether (sulfide) groups is 1. The minimum atomic E-state index is -3.67. The lowest BCUT2D eigenvalue weighted by molar-refractivity contribution is -0.129. The average molecular weight is 465 g/mol. The first-order valence-corrected chi connectivity index (χ1v) is 12.6. The molecule has 7 nitrogen and oxygen atoms in total. The quantitative estimate of drug-likeness (QED) is 0.598. The number of ether oxygens (including phenoxy) is 2. The fourth-order valence-electron chi connectivity index (χ4n) is 3.34. The standard InChI is InChI=1S/C22H28N2O5S2/c1-17-4-6-18(7-5-17)15-30-16-22(25)23-10-12-24(13-11-23)31(26,27)19-8-9-20(28-2)21(14-19)29-3/h4-9,14H,10-13,15-16H2,1-3H3. The highest BCUT2D eigenvalue weighted by atomic mass is 32.2. The molecule has 0 N–H and O–H groups in total. The van der Waals surface area contributed by atoms with E-state index in [1.807, 2.05) is 6.92 Å². The van der Waals surface area contributed by atoms with Gasteiger partial charge in [-0.15, -0.1) is 11.8 Å². The number of amides is 1. The Kier molecular flexibility index (Phi) is 7.85. The van der Waals surface area contributed by atoms with Gasteiger partial charge in [-0.1, -0.05) is 29.8 Å². The molecule has 0 bridgehead atoms. The summed E-state index contributed by atoms with van der Waals surface area (Å²) < 4.78 is 37.8. The second-order valence-electron chi connectivity index (χ2n) is 7.28. The molecule has 0 spiro atoms. The first-order valence-electron chi connectivity index (χ1n) is 9.98. The van der Waals surface area contributed by atoms with Crippen molar-refractivity contribution in [2.24, 2.45) is 0 Å². The second kappa shape index (κ2) is 10.4. The summed E-state index contributed by atoms with van der Waals surface area (Å²) in [6.45, 7) is 3.36. The van der Waals surface area contributed by atoms with E-state index in [0.29, 0.717) is 30.3 Å². The van der Waals surface area contributed by atoms with Gasteiger partial charge >= 0.3 is 0 Å². The molecule has 1 saturated heterocycles. The molecule has 0 saturated carbocycles. The Labute approximate surface area is 188 Å². The first-order chi connectivity index (χ1) is 14.8. The van der Waals surface area contributed by atoms with Crippen LogP contribution in [0.15, 0.2) is 47.4 Å². The number of carbonyl (C=O) groups is 1. The van der Waals surface area contributed by atoms with E-state index in [1.165, 1.54) is 41.8 Å². The van der Waals surface area contributed by atoms with E-state index < -0.39 is 10.0 Å². The summed E-state index contributed by atoms with van der Waals surface area (Å²) in [5.41, 5.74) is 2.40. The van der Waals surface area contributed by atoms with Crippen molar-refractivity contribution in [2.45, 2.75) is 17.6 Å². The Morgan fingerprint density at radius 2 is 1.61 bits per heavy atom. The van der Waals surface area contributed by atoms with Crippen LogP contribution in [-0.2, 0) is 20.6 Å². The summed E-state index contributed by atoms with van der Waals surface area (Å²) in [7, 11) is -0.702. The molecule has 2 aromatic rings. The van der Waals surface area contributed by atoms with Gasteiger partial charge in [0.05, 0.1) is 24.9 Å². The van der Waals surface area contributed by atoms with Crippen LogP contribution in [0.3, 0.4) is 0 Å². The lowest BCUT2D eigenvalue weighted by Gasteiger charge is -2.34. The summed E-state index contributed by atoms with van der Waals surface area (Å²) in [5, 5.41) is 0. The monoisotopic (exact) mass is 464 g/mol. The molecule has 3 rings (SSSR count). The summed E-state index contributed by atoms with van der Waals surface area (Å²) in [5.74, 6) is 2.04. The van der Waals surface area contributed by atoms with Crippen LogP contribution < -0.4 is 9.47 Å². The Balaban J connectivity index is 1.53. The van der Waals surface area contributed by atoms with Gasteiger partial charge < -0.3 is 14.4 Å². The molecule has 0 atom stereocenters. The molecule has 0 radical (unpaired) electrons. The Hall–Kier alpha value is -2.23. The number of piperazine rings is 1. The van der Waals surface area contributed by atoms with Gasteiger partial charge in [0.1, 0.15) is 0 Å². The molecular formula is C22H28N2O5S2. The molecule has 0 aliphatic carbocycles. The van der Waals surface area contributed by atoms with E-state index in [9.17, 15) is 13.2 Å². The van der Waals surface area contributed by atoms with Crippen molar-refractivity contribution in [1.82, 2.24) is 9.21 Å². The largest absolute Gasteiger partial charge is 0.493 e.